The Hall–Kier alpha value is -1.63. The van der Waals surface area contributed by atoms with Crippen molar-refractivity contribution >= 4 is 43.4 Å². The molecule has 0 spiro atoms. The number of halogens is 3. The van der Waals surface area contributed by atoms with Crippen molar-refractivity contribution in [2.75, 3.05) is 12.4 Å². The number of aromatic nitrogens is 1. The number of thiazole rings is 1. The molecule has 1 unspecified atom stereocenters. The molecule has 1 aliphatic rings. The van der Waals surface area contributed by atoms with Crippen LogP contribution in [0.3, 0.4) is 0 Å². The fourth-order valence-corrected chi connectivity index (χ4v) is 8.43. The summed E-state index contributed by atoms with van der Waals surface area (Å²) in [5, 5.41) is 1.69. The second-order valence-electron chi connectivity index (χ2n) is 10.9. The number of hydrogen-bond acceptors (Lipinski definition) is 8. The van der Waals surface area contributed by atoms with Crippen molar-refractivity contribution in [1.29, 1.82) is 0 Å². The van der Waals surface area contributed by atoms with Crippen molar-refractivity contribution in [3.63, 3.8) is 0 Å². The topological polar surface area (TPSA) is 74.7 Å². The SMILES string of the molecule is CCOC(=O)c1csc(SCC[C@H]2[C@@H](OC(C)=O)CC[C@@H]2C=CCC(C)(CCC(F)=C(F)F)O[Si](C)(C)C)n1. The first-order valence-electron chi connectivity index (χ1n) is 13.2. The van der Waals surface area contributed by atoms with Crippen LogP contribution in [0.5, 0.6) is 0 Å². The minimum atomic E-state index is -2.28. The Kier molecular flexibility index (Phi) is 13.2. The molecule has 0 bridgehead atoms. The summed E-state index contributed by atoms with van der Waals surface area (Å²) in [6.45, 7) is 11.4. The largest absolute Gasteiger partial charge is 0.462 e. The lowest BCUT2D eigenvalue weighted by Crippen LogP contribution is -2.40. The zero-order chi connectivity index (χ0) is 29.2. The molecule has 0 saturated heterocycles. The Morgan fingerprint density at radius 1 is 1.26 bits per heavy atom. The maximum atomic E-state index is 13.6. The summed E-state index contributed by atoms with van der Waals surface area (Å²) < 4.78 is 56.6. The molecule has 1 heterocycles. The van der Waals surface area contributed by atoms with Crippen LogP contribution in [-0.4, -0.2) is 49.3 Å². The van der Waals surface area contributed by atoms with Crippen molar-refractivity contribution in [2.45, 2.75) is 95.0 Å². The van der Waals surface area contributed by atoms with Crippen LogP contribution in [0.4, 0.5) is 13.2 Å². The Morgan fingerprint density at radius 3 is 2.59 bits per heavy atom. The molecule has 1 fully saturated rings. The zero-order valence-electron chi connectivity index (χ0n) is 23.6. The Bertz CT molecular complexity index is 1030. The molecular weight excluding hydrogens is 568 g/mol. The average Bonchev–Trinajstić information content (AvgIpc) is 3.44. The van der Waals surface area contributed by atoms with Crippen LogP contribution in [0.2, 0.25) is 19.6 Å². The number of ether oxygens (including phenoxy) is 2. The van der Waals surface area contributed by atoms with Crippen molar-refractivity contribution in [3.05, 3.63) is 35.1 Å². The number of rotatable bonds is 15. The summed E-state index contributed by atoms with van der Waals surface area (Å²) in [4.78, 5) is 27.9. The first-order valence-corrected chi connectivity index (χ1v) is 18.5. The van der Waals surface area contributed by atoms with E-state index in [-0.39, 0.29) is 36.8 Å². The predicted molar refractivity (Wildman–Crippen MR) is 151 cm³/mol. The van der Waals surface area contributed by atoms with E-state index in [9.17, 15) is 22.8 Å². The monoisotopic (exact) mass is 607 g/mol. The van der Waals surface area contributed by atoms with Gasteiger partial charge in [-0.25, -0.2) is 14.2 Å². The molecule has 6 nitrogen and oxygen atoms in total. The van der Waals surface area contributed by atoms with E-state index in [4.69, 9.17) is 13.9 Å². The second kappa shape index (κ2) is 15.4. The van der Waals surface area contributed by atoms with Gasteiger partial charge in [0.25, 0.3) is 0 Å². The van der Waals surface area contributed by atoms with Gasteiger partial charge in [-0.15, -0.1) is 11.3 Å². The molecule has 0 aromatic carbocycles. The molecule has 12 heteroatoms. The summed E-state index contributed by atoms with van der Waals surface area (Å²) >= 11 is 2.94. The third-order valence-electron chi connectivity index (χ3n) is 6.34. The van der Waals surface area contributed by atoms with Crippen LogP contribution >= 0.6 is 23.1 Å². The number of allylic oxidation sites excluding steroid dienone is 2. The van der Waals surface area contributed by atoms with Crippen LogP contribution in [0.25, 0.3) is 0 Å². The molecule has 1 aliphatic carbocycles. The number of nitrogens with zero attached hydrogens (tertiary/aromatic N) is 1. The quantitative estimate of drug-likeness (QED) is 0.0862. The van der Waals surface area contributed by atoms with Gasteiger partial charge in [0.15, 0.2) is 24.2 Å². The van der Waals surface area contributed by atoms with E-state index < -0.39 is 31.8 Å². The summed E-state index contributed by atoms with van der Waals surface area (Å²) in [6.07, 6.45) is 4.25. The van der Waals surface area contributed by atoms with Gasteiger partial charge in [0.1, 0.15) is 6.10 Å². The van der Waals surface area contributed by atoms with Crippen LogP contribution in [-0.2, 0) is 18.7 Å². The Labute approximate surface area is 238 Å². The highest BCUT2D eigenvalue weighted by Gasteiger charge is 2.37. The molecule has 220 valence electrons. The van der Waals surface area contributed by atoms with Gasteiger partial charge in [-0.05, 0) is 71.5 Å². The first-order chi connectivity index (χ1) is 18.2. The Morgan fingerprint density at radius 2 is 1.97 bits per heavy atom. The van der Waals surface area contributed by atoms with E-state index in [0.717, 1.165) is 29.4 Å². The molecular formula is C27H40F3NO5S2Si. The molecule has 1 aromatic rings. The van der Waals surface area contributed by atoms with Crippen molar-refractivity contribution in [2.24, 2.45) is 11.8 Å². The second-order valence-corrected chi connectivity index (χ2v) is 17.5. The van der Waals surface area contributed by atoms with E-state index in [1.807, 2.05) is 32.6 Å². The highest BCUT2D eigenvalue weighted by atomic mass is 32.2. The van der Waals surface area contributed by atoms with Gasteiger partial charge in [-0.1, -0.05) is 23.9 Å². The number of esters is 2. The molecule has 1 aromatic heterocycles. The number of carbonyl (C=O) groups is 2. The van der Waals surface area contributed by atoms with Gasteiger partial charge in [-0.3, -0.25) is 4.79 Å². The molecule has 2 rings (SSSR count). The molecule has 0 N–H and O–H groups in total. The normalized spacial score (nSPS) is 21.1. The number of carbonyl (C=O) groups excluding carboxylic acids is 2. The van der Waals surface area contributed by atoms with Gasteiger partial charge < -0.3 is 13.9 Å². The lowest BCUT2D eigenvalue weighted by Gasteiger charge is -2.36. The van der Waals surface area contributed by atoms with Gasteiger partial charge in [0.2, 0.25) is 0 Å². The van der Waals surface area contributed by atoms with Gasteiger partial charge in [0, 0.05) is 30.4 Å². The maximum absolute atomic E-state index is 13.6. The van der Waals surface area contributed by atoms with Gasteiger partial charge in [0.05, 0.1) is 12.2 Å². The highest BCUT2D eigenvalue weighted by molar-refractivity contribution is 8.01. The van der Waals surface area contributed by atoms with E-state index in [0.29, 0.717) is 18.7 Å². The molecule has 0 amide bonds. The third kappa shape index (κ3) is 11.8. The lowest BCUT2D eigenvalue weighted by atomic mass is 9.90. The van der Waals surface area contributed by atoms with Crippen LogP contribution < -0.4 is 0 Å². The van der Waals surface area contributed by atoms with Crippen LogP contribution in [0.15, 0.2) is 33.8 Å². The van der Waals surface area contributed by atoms with Crippen molar-refractivity contribution in [3.8, 4) is 0 Å². The van der Waals surface area contributed by atoms with Crippen LogP contribution in [0, 0.1) is 11.8 Å². The molecule has 0 aliphatic heterocycles. The Balaban J connectivity index is 2.06. The van der Waals surface area contributed by atoms with Gasteiger partial charge in [-0.2, -0.15) is 8.78 Å². The molecule has 39 heavy (non-hydrogen) atoms. The summed E-state index contributed by atoms with van der Waals surface area (Å²) in [5.74, 6) is -1.14. The minimum absolute atomic E-state index is 0.104. The van der Waals surface area contributed by atoms with E-state index in [1.54, 1.807) is 24.1 Å². The lowest BCUT2D eigenvalue weighted by molar-refractivity contribution is -0.148. The van der Waals surface area contributed by atoms with Crippen molar-refractivity contribution in [1.82, 2.24) is 4.98 Å². The first kappa shape index (κ1) is 33.6. The van der Waals surface area contributed by atoms with Crippen LogP contribution in [0.1, 0.15) is 69.8 Å². The molecule has 1 saturated carbocycles. The number of hydrogen-bond donors (Lipinski definition) is 0. The van der Waals surface area contributed by atoms with E-state index in [1.165, 1.54) is 18.3 Å². The minimum Gasteiger partial charge on any atom is -0.462 e. The summed E-state index contributed by atoms with van der Waals surface area (Å²) in [5.41, 5.74) is -0.467. The van der Waals surface area contributed by atoms with E-state index in [2.05, 4.69) is 11.1 Å². The van der Waals surface area contributed by atoms with E-state index >= 15 is 0 Å². The molecule has 4 atom stereocenters. The number of thioether (sulfide) groups is 1. The third-order valence-corrected chi connectivity index (χ3v) is 9.50. The van der Waals surface area contributed by atoms with Crippen molar-refractivity contribution < 1.29 is 36.7 Å². The summed E-state index contributed by atoms with van der Waals surface area (Å²) in [7, 11) is -2.03. The summed E-state index contributed by atoms with van der Waals surface area (Å²) in [6, 6.07) is 0. The fourth-order valence-electron chi connectivity index (χ4n) is 4.86. The average molecular weight is 608 g/mol. The predicted octanol–water partition coefficient (Wildman–Crippen LogP) is 8.17. The fraction of sp³-hybridized carbons (Fsp3) is 0.667. The zero-order valence-corrected chi connectivity index (χ0v) is 26.2. The van der Waals surface area contributed by atoms with Gasteiger partial charge >= 0.3 is 18.0 Å². The smallest absolute Gasteiger partial charge is 0.357 e. The highest BCUT2D eigenvalue weighted by Crippen LogP contribution is 2.40. The maximum Gasteiger partial charge on any atom is 0.357 e. The molecule has 0 radical (unpaired) electrons. The standard InChI is InChI=1S/C27H40F3NO5S2Si/c1-7-34-25(33)22-17-38-26(31-22)37-16-13-20-19(10-11-23(20)35-18(2)32)9-8-14-27(3,36-39(4,5)6)15-12-21(28)24(29)30/h8-9,17,19-20,23H,7,10-16H2,1-6H3/t19-,20+,23-,27?/m0/s1.